The van der Waals surface area contributed by atoms with Crippen LogP contribution in [0.3, 0.4) is 0 Å². The summed E-state index contributed by atoms with van der Waals surface area (Å²) in [7, 11) is 0. The van der Waals surface area contributed by atoms with Crippen molar-refractivity contribution < 1.29 is 4.79 Å². The van der Waals surface area contributed by atoms with E-state index in [1.165, 1.54) is 25.8 Å². The van der Waals surface area contributed by atoms with Gasteiger partial charge in [-0.05, 0) is 43.7 Å². The summed E-state index contributed by atoms with van der Waals surface area (Å²) >= 11 is 6.14. The SMILES string of the molecule is CC(C)CN1[C@H]2CCC[C@H]1CC(NC(=O)c1ccccc1Cl)C2. The van der Waals surface area contributed by atoms with Crippen LogP contribution < -0.4 is 5.32 Å². The standard InChI is InChI=1S/C19H27ClN2O/c1-13(2)12-22-15-6-5-7-16(22)11-14(10-15)21-19(23)17-8-3-4-9-18(17)20/h3-4,8-9,13-16H,5-7,10-12H2,1-2H3,(H,21,23)/t15-,16-/m0/s1. The normalized spacial score (nSPS) is 27.9. The van der Waals surface area contributed by atoms with Gasteiger partial charge in [0, 0.05) is 24.7 Å². The number of nitrogens with one attached hydrogen (secondary N) is 1. The lowest BCUT2D eigenvalue weighted by molar-refractivity contribution is 0.0158. The van der Waals surface area contributed by atoms with E-state index in [1.54, 1.807) is 12.1 Å². The van der Waals surface area contributed by atoms with Crippen molar-refractivity contribution in [1.82, 2.24) is 10.2 Å². The minimum atomic E-state index is -0.0315. The molecule has 1 aromatic carbocycles. The van der Waals surface area contributed by atoms with Gasteiger partial charge in [-0.15, -0.1) is 0 Å². The number of amides is 1. The third-order valence-electron chi connectivity index (χ3n) is 5.16. The summed E-state index contributed by atoms with van der Waals surface area (Å²) in [6.07, 6.45) is 6.00. The van der Waals surface area contributed by atoms with E-state index < -0.39 is 0 Å². The molecule has 0 aliphatic carbocycles. The van der Waals surface area contributed by atoms with Gasteiger partial charge in [-0.3, -0.25) is 9.69 Å². The van der Waals surface area contributed by atoms with Gasteiger partial charge < -0.3 is 5.32 Å². The van der Waals surface area contributed by atoms with Crippen LogP contribution in [0.4, 0.5) is 0 Å². The molecular weight excluding hydrogens is 308 g/mol. The van der Waals surface area contributed by atoms with Crippen LogP contribution in [-0.2, 0) is 0 Å². The van der Waals surface area contributed by atoms with Crippen LogP contribution in [0, 0.1) is 5.92 Å². The highest BCUT2D eigenvalue weighted by Gasteiger charge is 2.38. The van der Waals surface area contributed by atoms with Crippen LogP contribution in [0.2, 0.25) is 5.02 Å². The van der Waals surface area contributed by atoms with E-state index in [4.69, 9.17) is 11.6 Å². The summed E-state index contributed by atoms with van der Waals surface area (Å²) < 4.78 is 0. The summed E-state index contributed by atoms with van der Waals surface area (Å²) in [5, 5.41) is 3.76. The Morgan fingerprint density at radius 3 is 2.52 bits per heavy atom. The molecule has 0 saturated carbocycles. The van der Waals surface area contributed by atoms with Crippen molar-refractivity contribution in [2.45, 2.75) is 64.1 Å². The molecule has 23 heavy (non-hydrogen) atoms. The minimum absolute atomic E-state index is 0.0315. The largest absolute Gasteiger partial charge is 0.349 e. The summed E-state index contributed by atoms with van der Waals surface area (Å²) in [5.41, 5.74) is 0.587. The number of nitrogens with zero attached hydrogens (tertiary/aromatic N) is 1. The fourth-order valence-corrected chi connectivity index (χ4v) is 4.45. The summed E-state index contributed by atoms with van der Waals surface area (Å²) in [6.45, 7) is 5.77. The molecule has 3 nitrogen and oxygen atoms in total. The molecule has 1 amide bonds. The van der Waals surface area contributed by atoms with Crippen molar-refractivity contribution >= 4 is 17.5 Å². The van der Waals surface area contributed by atoms with Crippen LogP contribution in [0.5, 0.6) is 0 Å². The van der Waals surface area contributed by atoms with Crippen LogP contribution in [-0.4, -0.2) is 35.5 Å². The van der Waals surface area contributed by atoms with Crippen LogP contribution >= 0.6 is 11.6 Å². The maximum Gasteiger partial charge on any atom is 0.253 e. The zero-order valence-corrected chi connectivity index (χ0v) is 14.9. The number of carbonyl (C=O) groups excluding carboxylic acids is 1. The molecule has 0 aromatic heterocycles. The lowest BCUT2D eigenvalue weighted by Crippen LogP contribution is -2.57. The molecule has 0 unspecified atom stereocenters. The molecule has 2 aliphatic rings. The Bertz CT molecular complexity index is 546. The summed E-state index contributed by atoms with van der Waals surface area (Å²) in [6, 6.07) is 8.82. The molecule has 2 heterocycles. The summed E-state index contributed by atoms with van der Waals surface area (Å²) in [5.74, 6) is 0.670. The van der Waals surface area contributed by atoms with E-state index in [9.17, 15) is 4.79 Å². The van der Waals surface area contributed by atoms with Gasteiger partial charge >= 0.3 is 0 Å². The van der Waals surface area contributed by atoms with Gasteiger partial charge in [0.2, 0.25) is 0 Å². The highest BCUT2D eigenvalue weighted by atomic mass is 35.5. The fourth-order valence-electron chi connectivity index (χ4n) is 4.22. The second-order valence-corrected chi connectivity index (χ2v) is 7.86. The van der Waals surface area contributed by atoms with E-state index in [0.29, 0.717) is 28.6 Å². The highest BCUT2D eigenvalue weighted by Crippen LogP contribution is 2.34. The average molecular weight is 335 g/mol. The first kappa shape index (κ1) is 16.8. The fraction of sp³-hybridized carbons (Fsp3) is 0.632. The number of benzene rings is 1. The molecule has 2 bridgehead atoms. The quantitative estimate of drug-likeness (QED) is 0.898. The van der Waals surface area contributed by atoms with Gasteiger partial charge in [-0.25, -0.2) is 0 Å². The predicted octanol–water partition coefficient (Wildman–Crippen LogP) is 4.11. The lowest BCUT2D eigenvalue weighted by atomic mass is 9.81. The van der Waals surface area contributed by atoms with E-state index >= 15 is 0 Å². The Kier molecular flexibility index (Phi) is 5.27. The predicted molar refractivity (Wildman–Crippen MR) is 94.9 cm³/mol. The number of carbonyl (C=O) groups is 1. The monoisotopic (exact) mass is 334 g/mol. The molecule has 2 saturated heterocycles. The van der Waals surface area contributed by atoms with Gasteiger partial charge in [0.25, 0.3) is 5.91 Å². The lowest BCUT2D eigenvalue weighted by Gasteiger charge is -2.49. The van der Waals surface area contributed by atoms with Gasteiger partial charge in [-0.2, -0.15) is 0 Å². The summed E-state index contributed by atoms with van der Waals surface area (Å²) in [4.78, 5) is 15.2. The second-order valence-electron chi connectivity index (χ2n) is 7.45. The number of piperidine rings is 2. The molecule has 2 aliphatic heterocycles. The Balaban J connectivity index is 1.65. The van der Waals surface area contributed by atoms with Gasteiger partial charge in [0.15, 0.2) is 0 Å². The molecule has 1 aromatic rings. The molecule has 3 rings (SSSR count). The van der Waals surface area contributed by atoms with E-state index in [0.717, 1.165) is 12.8 Å². The van der Waals surface area contributed by atoms with Crippen LogP contribution in [0.1, 0.15) is 56.3 Å². The van der Waals surface area contributed by atoms with Gasteiger partial charge in [0.05, 0.1) is 10.6 Å². The van der Waals surface area contributed by atoms with Crippen molar-refractivity contribution in [3.05, 3.63) is 34.9 Å². The Hall–Kier alpha value is -1.06. The van der Waals surface area contributed by atoms with Crippen molar-refractivity contribution in [3.8, 4) is 0 Å². The molecule has 2 atom stereocenters. The smallest absolute Gasteiger partial charge is 0.253 e. The van der Waals surface area contributed by atoms with Gasteiger partial charge in [0.1, 0.15) is 0 Å². The molecule has 126 valence electrons. The maximum atomic E-state index is 12.5. The number of halogens is 1. The Morgan fingerprint density at radius 1 is 1.26 bits per heavy atom. The maximum absolute atomic E-state index is 12.5. The average Bonchev–Trinajstić information content (AvgIpc) is 2.47. The van der Waals surface area contributed by atoms with E-state index in [2.05, 4.69) is 24.1 Å². The van der Waals surface area contributed by atoms with Crippen LogP contribution in [0.15, 0.2) is 24.3 Å². The zero-order valence-electron chi connectivity index (χ0n) is 14.1. The number of fused-ring (bicyclic) bond motifs is 2. The van der Waals surface area contributed by atoms with Crippen LogP contribution in [0.25, 0.3) is 0 Å². The van der Waals surface area contributed by atoms with Crippen molar-refractivity contribution in [3.63, 3.8) is 0 Å². The molecule has 2 fully saturated rings. The first-order valence-corrected chi connectivity index (χ1v) is 9.23. The number of hydrogen-bond acceptors (Lipinski definition) is 2. The molecule has 1 N–H and O–H groups in total. The molecule has 0 spiro atoms. The third kappa shape index (κ3) is 3.89. The Labute approximate surface area is 144 Å². The topological polar surface area (TPSA) is 32.3 Å². The first-order chi connectivity index (χ1) is 11.0. The van der Waals surface area contributed by atoms with E-state index in [1.807, 2.05) is 12.1 Å². The molecule has 0 radical (unpaired) electrons. The molecular formula is C19H27ClN2O. The second kappa shape index (κ2) is 7.23. The molecule has 4 heteroatoms. The third-order valence-corrected chi connectivity index (χ3v) is 5.49. The first-order valence-electron chi connectivity index (χ1n) is 8.85. The van der Waals surface area contributed by atoms with Crippen molar-refractivity contribution in [2.75, 3.05) is 6.54 Å². The number of rotatable bonds is 4. The zero-order chi connectivity index (χ0) is 16.4. The van der Waals surface area contributed by atoms with Crippen molar-refractivity contribution in [1.29, 1.82) is 0 Å². The van der Waals surface area contributed by atoms with Crippen molar-refractivity contribution in [2.24, 2.45) is 5.92 Å². The number of hydrogen-bond donors (Lipinski definition) is 1. The minimum Gasteiger partial charge on any atom is -0.349 e. The highest BCUT2D eigenvalue weighted by molar-refractivity contribution is 6.33. The Morgan fingerprint density at radius 2 is 1.91 bits per heavy atom. The van der Waals surface area contributed by atoms with Gasteiger partial charge in [-0.1, -0.05) is 44.0 Å². The van der Waals surface area contributed by atoms with E-state index in [-0.39, 0.29) is 11.9 Å².